The number of hydrogen-bond acceptors (Lipinski definition) is 6. The molecule has 1 N–H and O–H groups in total. The SMILES string of the molecule is COc1ccc2c(c1)NCCC21C(=O)N(Cc2ccncc2)C(=O)N1Cc1cccnc1. The number of benzene rings is 1. The molecule has 1 unspecified atom stereocenters. The van der Waals surface area contributed by atoms with E-state index in [9.17, 15) is 9.59 Å². The van der Waals surface area contributed by atoms with Crippen LogP contribution in [0.5, 0.6) is 5.75 Å². The molecule has 1 saturated heterocycles. The maximum atomic E-state index is 14.0. The van der Waals surface area contributed by atoms with Crippen LogP contribution in [0.25, 0.3) is 0 Å². The average Bonchev–Trinajstić information content (AvgIpc) is 3.02. The monoisotopic (exact) mass is 429 g/mol. The summed E-state index contributed by atoms with van der Waals surface area (Å²) in [5, 5.41) is 3.36. The fraction of sp³-hybridized carbons (Fsp3) is 0.250. The molecule has 2 aliphatic heterocycles. The molecule has 0 bridgehead atoms. The van der Waals surface area contributed by atoms with Gasteiger partial charge in [0.25, 0.3) is 5.91 Å². The Morgan fingerprint density at radius 3 is 2.62 bits per heavy atom. The van der Waals surface area contributed by atoms with Crippen molar-refractivity contribution >= 4 is 17.6 Å². The Kier molecular flexibility index (Phi) is 4.97. The van der Waals surface area contributed by atoms with Crippen molar-refractivity contribution in [2.24, 2.45) is 0 Å². The van der Waals surface area contributed by atoms with Crippen molar-refractivity contribution in [3.63, 3.8) is 0 Å². The van der Waals surface area contributed by atoms with Crippen LogP contribution < -0.4 is 10.1 Å². The van der Waals surface area contributed by atoms with Crippen molar-refractivity contribution in [2.75, 3.05) is 19.0 Å². The second-order valence-corrected chi connectivity index (χ2v) is 7.93. The van der Waals surface area contributed by atoms with Crippen LogP contribution in [-0.4, -0.2) is 45.4 Å². The Balaban J connectivity index is 1.61. The van der Waals surface area contributed by atoms with Crippen LogP contribution in [-0.2, 0) is 23.4 Å². The Morgan fingerprint density at radius 2 is 1.88 bits per heavy atom. The molecular weight excluding hydrogens is 406 g/mol. The molecule has 8 heteroatoms. The maximum Gasteiger partial charge on any atom is 0.328 e. The molecule has 2 aromatic heterocycles. The number of anilines is 1. The topological polar surface area (TPSA) is 87.7 Å². The lowest BCUT2D eigenvalue weighted by Crippen LogP contribution is -2.50. The third kappa shape index (κ3) is 3.15. The molecule has 0 saturated carbocycles. The Labute approximate surface area is 185 Å². The van der Waals surface area contributed by atoms with E-state index in [1.54, 1.807) is 36.8 Å². The molecular formula is C24H23N5O3. The zero-order valence-electron chi connectivity index (χ0n) is 17.7. The summed E-state index contributed by atoms with van der Waals surface area (Å²) < 4.78 is 5.37. The van der Waals surface area contributed by atoms with E-state index >= 15 is 0 Å². The van der Waals surface area contributed by atoms with E-state index in [1.807, 2.05) is 42.5 Å². The zero-order chi connectivity index (χ0) is 22.1. The highest BCUT2D eigenvalue weighted by molar-refractivity contribution is 6.08. The van der Waals surface area contributed by atoms with Gasteiger partial charge in [0.1, 0.15) is 5.75 Å². The van der Waals surface area contributed by atoms with Crippen molar-refractivity contribution in [1.82, 2.24) is 19.8 Å². The molecule has 3 aromatic rings. The summed E-state index contributed by atoms with van der Waals surface area (Å²) in [6, 6.07) is 12.7. The molecule has 1 fully saturated rings. The first-order chi connectivity index (χ1) is 15.6. The van der Waals surface area contributed by atoms with Gasteiger partial charge in [-0.15, -0.1) is 0 Å². The largest absolute Gasteiger partial charge is 0.497 e. The number of rotatable bonds is 5. The van der Waals surface area contributed by atoms with Gasteiger partial charge in [0.15, 0.2) is 5.54 Å². The van der Waals surface area contributed by atoms with Gasteiger partial charge in [-0.3, -0.25) is 19.7 Å². The van der Waals surface area contributed by atoms with E-state index in [0.29, 0.717) is 18.7 Å². The lowest BCUT2D eigenvalue weighted by atomic mass is 9.81. The fourth-order valence-corrected chi connectivity index (χ4v) is 4.59. The van der Waals surface area contributed by atoms with Crippen molar-refractivity contribution < 1.29 is 14.3 Å². The summed E-state index contributed by atoms with van der Waals surface area (Å²) in [6.45, 7) is 1.05. The minimum Gasteiger partial charge on any atom is -0.497 e. The van der Waals surface area contributed by atoms with Crippen LogP contribution in [0, 0.1) is 0 Å². The van der Waals surface area contributed by atoms with E-state index in [0.717, 1.165) is 22.4 Å². The summed E-state index contributed by atoms with van der Waals surface area (Å²) in [5.41, 5.74) is 2.21. The van der Waals surface area contributed by atoms with Crippen molar-refractivity contribution in [3.05, 3.63) is 83.9 Å². The van der Waals surface area contributed by atoms with Gasteiger partial charge in [0.2, 0.25) is 0 Å². The molecule has 3 amide bonds. The van der Waals surface area contributed by atoms with Crippen molar-refractivity contribution in [2.45, 2.75) is 25.0 Å². The Bertz CT molecular complexity index is 1150. The highest BCUT2D eigenvalue weighted by Gasteiger charge is 2.59. The Hall–Kier alpha value is -3.94. The number of imide groups is 1. The number of hydrogen-bond donors (Lipinski definition) is 1. The molecule has 32 heavy (non-hydrogen) atoms. The van der Waals surface area contributed by atoms with Gasteiger partial charge in [-0.2, -0.15) is 0 Å². The number of ether oxygens (including phenoxy) is 1. The molecule has 1 atom stereocenters. The summed E-state index contributed by atoms with van der Waals surface area (Å²) in [7, 11) is 1.61. The second kappa shape index (κ2) is 7.96. The van der Waals surface area contributed by atoms with Crippen molar-refractivity contribution in [3.8, 4) is 5.75 Å². The summed E-state index contributed by atoms with van der Waals surface area (Å²) in [6.07, 6.45) is 7.22. The van der Waals surface area contributed by atoms with Crippen LogP contribution in [0.4, 0.5) is 10.5 Å². The van der Waals surface area contributed by atoms with Crippen LogP contribution >= 0.6 is 0 Å². The average molecular weight is 429 g/mol. The van der Waals surface area contributed by atoms with Gasteiger partial charge in [-0.05, 0) is 35.4 Å². The maximum absolute atomic E-state index is 14.0. The predicted octanol–water partition coefficient (Wildman–Crippen LogP) is 3.16. The second-order valence-electron chi connectivity index (χ2n) is 7.93. The number of carbonyl (C=O) groups excluding carboxylic acids is 2. The number of methoxy groups -OCH3 is 1. The highest BCUT2D eigenvalue weighted by Crippen LogP contribution is 2.47. The number of nitrogens with zero attached hydrogens (tertiary/aromatic N) is 4. The standard InChI is InChI=1S/C24H23N5O3/c1-32-19-4-5-20-21(13-19)27-12-8-24(20)22(30)28(15-17-6-10-25-11-7-17)23(31)29(24)16-18-3-2-9-26-14-18/h2-7,9-11,13-14,27H,8,12,15-16H2,1H3. The quantitative estimate of drug-likeness (QED) is 0.627. The number of aromatic nitrogens is 2. The number of pyridine rings is 2. The normalized spacial score (nSPS) is 19.8. The van der Waals surface area contributed by atoms with E-state index in [1.165, 1.54) is 4.90 Å². The number of fused-ring (bicyclic) bond motifs is 2. The summed E-state index contributed by atoms with van der Waals surface area (Å²) in [5.74, 6) is 0.480. The molecule has 162 valence electrons. The van der Waals surface area contributed by atoms with Gasteiger partial charge in [-0.25, -0.2) is 4.79 Å². The van der Waals surface area contributed by atoms with Crippen molar-refractivity contribution in [1.29, 1.82) is 0 Å². The minimum atomic E-state index is -1.09. The number of urea groups is 1. The van der Waals surface area contributed by atoms with Crippen LogP contribution in [0.15, 0.2) is 67.3 Å². The third-order valence-electron chi connectivity index (χ3n) is 6.15. The molecule has 5 rings (SSSR count). The van der Waals surface area contributed by atoms with E-state index < -0.39 is 5.54 Å². The number of nitrogens with one attached hydrogen (secondary N) is 1. The third-order valence-corrected chi connectivity index (χ3v) is 6.15. The van der Waals surface area contributed by atoms with Crippen LogP contribution in [0.2, 0.25) is 0 Å². The molecule has 2 aliphatic rings. The molecule has 8 nitrogen and oxygen atoms in total. The first kappa shape index (κ1) is 20.0. The van der Waals surface area contributed by atoms with Crippen LogP contribution in [0.1, 0.15) is 23.1 Å². The van der Waals surface area contributed by atoms with Gasteiger partial charge in [-0.1, -0.05) is 12.1 Å². The molecule has 1 spiro atoms. The van der Waals surface area contributed by atoms with E-state index in [4.69, 9.17) is 4.74 Å². The van der Waals surface area contributed by atoms with Gasteiger partial charge in [0.05, 0.1) is 20.2 Å². The fourth-order valence-electron chi connectivity index (χ4n) is 4.59. The van der Waals surface area contributed by atoms with E-state index in [2.05, 4.69) is 15.3 Å². The molecule has 0 radical (unpaired) electrons. The number of amides is 3. The van der Waals surface area contributed by atoms with Crippen LogP contribution in [0.3, 0.4) is 0 Å². The Morgan fingerprint density at radius 1 is 1.03 bits per heavy atom. The lowest BCUT2D eigenvalue weighted by Gasteiger charge is -2.40. The smallest absolute Gasteiger partial charge is 0.328 e. The number of carbonyl (C=O) groups is 2. The predicted molar refractivity (Wildman–Crippen MR) is 118 cm³/mol. The molecule has 1 aromatic carbocycles. The van der Waals surface area contributed by atoms with Gasteiger partial charge < -0.3 is 15.0 Å². The first-order valence-corrected chi connectivity index (χ1v) is 10.5. The van der Waals surface area contributed by atoms with Gasteiger partial charge >= 0.3 is 6.03 Å². The summed E-state index contributed by atoms with van der Waals surface area (Å²) >= 11 is 0. The summed E-state index contributed by atoms with van der Waals surface area (Å²) in [4.78, 5) is 38.9. The van der Waals surface area contributed by atoms with Gasteiger partial charge in [0, 0.05) is 55.1 Å². The minimum absolute atomic E-state index is 0.199. The highest BCUT2D eigenvalue weighted by atomic mass is 16.5. The molecule has 0 aliphatic carbocycles. The first-order valence-electron chi connectivity index (χ1n) is 10.5. The lowest BCUT2D eigenvalue weighted by molar-refractivity contribution is -0.134. The van der Waals surface area contributed by atoms with E-state index in [-0.39, 0.29) is 25.0 Å². The molecule has 4 heterocycles. The zero-order valence-corrected chi connectivity index (χ0v) is 17.7.